The molecule has 148 valence electrons. The van der Waals surface area contributed by atoms with Crippen LogP contribution in [-0.4, -0.2) is 64.7 Å². The van der Waals surface area contributed by atoms with Gasteiger partial charge in [-0.1, -0.05) is 13.2 Å². The second kappa shape index (κ2) is 13.5. The third-order valence-corrected chi connectivity index (χ3v) is 2.71. The second-order valence-electron chi connectivity index (χ2n) is 4.58. The molecular weight excluding hydrogens is 358 g/mol. The van der Waals surface area contributed by atoms with Crippen LogP contribution in [0.1, 0.15) is 12.8 Å². The summed E-state index contributed by atoms with van der Waals surface area (Å²) in [5.74, 6) is -3.51. The highest BCUT2D eigenvalue weighted by molar-refractivity contribution is 5.89. The number of halogens is 2. The number of esters is 4. The Kier molecular flexibility index (Phi) is 13.2. The van der Waals surface area contributed by atoms with Crippen LogP contribution < -0.4 is 0 Å². The number of carbonyl (C=O) groups is 4. The Bertz CT molecular complexity index is 496. The van der Waals surface area contributed by atoms with E-state index in [9.17, 15) is 28.0 Å². The molecule has 0 N–H and O–H groups in total. The molecule has 0 unspecified atom stereocenters. The zero-order chi connectivity index (χ0) is 20.9. The Morgan fingerprint density at radius 2 is 0.962 bits per heavy atom. The minimum absolute atomic E-state index is 0.0969. The van der Waals surface area contributed by atoms with E-state index in [0.29, 0.717) is 0 Å². The van der Waals surface area contributed by atoms with Gasteiger partial charge in [-0.3, -0.25) is 0 Å². The summed E-state index contributed by atoms with van der Waals surface area (Å²) >= 11 is 0. The Balaban J connectivity index is 0. The topological polar surface area (TPSA) is 105 Å². The first-order valence-corrected chi connectivity index (χ1v) is 7.01. The van der Waals surface area contributed by atoms with Crippen LogP contribution >= 0.6 is 0 Å². The molecule has 0 saturated heterocycles. The maximum absolute atomic E-state index is 12.8. The Morgan fingerprint density at radius 1 is 0.692 bits per heavy atom. The van der Waals surface area contributed by atoms with Gasteiger partial charge in [-0.25, -0.2) is 28.0 Å². The van der Waals surface area contributed by atoms with Gasteiger partial charge in [0.25, 0.3) is 0 Å². The fraction of sp³-hybridized carbons (Fsp3) is 0.500. The SMILES string of the molecule is C=C(C[C@@H](F)C(=O)OC)C(=O)OC.C=C(C[C@H](F)C(=O)OC)C(=O)OC. The lowest BCUT2D eigenvalue weighted by Gasteiger charge is -2.06. The van der Waals surface area contributed by atoms with Crippen molar-refractivity contribution in [2.75, 3.05) is 28.4 Å². The minimum Gasteiger partial charge on any atom is -0.467 e. The Labute approximate surface area is 149 Å². The van der Waals surface area contributed by atoms with Gasteiger partial charge in [0.2, 0.25) is 12.3 Å². The van der Waals surface area contributed by atoms with Crippen LogP contribution in [-0.2, 0) is 38.1 Å². The number of ether oxygens (including phenoxy) is 4. The predicted molar refractivity (Wildman–Crippen MR) is 85.4 cm³/mol. The summed E-state index contributed by atoms with van der Waals surface area (Å²) in [5, 5.41) is 0. The zero-order valence-electron chi connectivity index (χ0n) is 15.0. The molecule has 0 aromatic heterocycles. The normalized spacial score (nSPS) is 11.6. The molecule has 0 spiro atoms. The number of hydrogen-bond acceptors (Lipinski definition) is 8. The van der Waals surface area contributed by atoms with Gasteiger partial charge >= 0.3 is 23.9 Å². The third kappa shape index (κ3) is 10.2. The highest BCUT2D eigenvalue weighted by Gasteiger charge is 2.22. The van der Waals surface area contributed by atoms with E-state index in [0.717, 1.165) is 28.4 Å². The van der Waals surface area contributed by atoms with Crippen molar-refractivity contribution < 1.29 is 46.9 Å². The molecule has 0 radical (unpaired) electrons. The van der Waals surface area contributed by atoms with Crippen molar-refractivity contribution in [3.63, 3.8) is 0 Å². The monoisotopic (exact) mass is 380 g/mol. The highest BCUT2D eigenvalue weighted by atomic mass is 19.1. The molecule has 0 rings (SSSR count). The largest absolute Gasteiger partial charge is 0.467 e. The molecule has 0 bridgehead atoms. The van der Waals surface area contributed by atoms with Crippen LogP contribution in [0.15, 0.2) is 24.3 Å². The van der Waals surface area contributed by atoms with Crippen molar-refractivity contribution >= 4 is 23.9 Å². The van der Waals surface area contributed by atoms with E-state index in [1.807, 2.05) is 0 Å². The van der Waals surface area contributed by atoms with Gasteiger partial charge in [0.05, 0.1) is 28.4 Å². The average Bonchev–Trinajstić information content (AvgIpc) is 2.64. The summed E-state index contributed by atoms with van der Waals surface area (Å²) in [6.45, 7) is 6.52. The first-order chi connectivity index (χ1) is 12.0. The van der Waals surface area contributed by atoms with Crippen molar-refractivity contribution in [3.8, 4) is 0 Å². The van der Waals surface area contributed by atoms with Crippen molar-refractivity contribution in [1.82, 2.24) is 0 Å². The average molecular weight is 380 g/mol. The smallest absolute Gasteiger partial charge is 0.340 e. The van der Waals surface area contributed by atoms with Gasteiger partial charge < -0.3 is 18.9 Å². The molecule has 10 heteroatoms. The van der Waals surface area contributed by atoms with Crippen LogP contribution in [0, 0.1) is 0 Å². The van der Waals surface area contributed by atoms with E-state index in [1.165, 1.54) is 0 Å². The summed E-state index contributed by atoms with van der Waals surface area (Å²) in [6.07, 6.45) is -4.54. The lowest BCUT2D eigenvalue weighted by Crippen LogP contribution is -2.20. The van der Waals surface area contributed by atoms with Crippen molar-refractivity contribution in [2.45, 2.75) is 25.2 Å². The number of methoxy groups -OCH3 is 4. The van der Waals surface area contributed by atoms with E-state index in [2.05, 4.69) is 32.1 Å². The number of alkyl halides is 2. The van der Waals surface area contributed by atoms with Gasteiger partial charge in [0, 0.05) is 24.0 Å². The van der Waals surface area contributed by atoms with E-state index in [4.69, 9.17) is 0 Å². The molecule has 0 aromatic carbocycles. The van der Waals surface area contributed by atoms with Crippen LogP contribution in [0.2, 0.25) is 0 Å². The lowest BCUT2D eigenvalue weighted by atomic mass is 10.1. The summed E-state index contributed by atoms with van der Waals surface area (Å²) in [5.41, 5.74) is -0.194. The molecule has 0 aliphatic carbocycles. The molecule has 8 nitrogen and oxygen atoms in total. The van der Waals surface area contributed by atoms with Gasteiger partial charge in [-0.15, -0.1) is 0 Å². The lowest BCUT2D eigenvalue weighted by molar-refractivity contribution is -0.147. The van der Waals surface area contributed by atoms with Crippen molar-refractivity contribution in [3.05, 3.63) is 24.3 Å². The van der Waals surface area contributed by atoms with Crippen LogP contribution in [0.4, 0.5) is 8.78 Å². The van der Waals surface area contributed by atoms with Crippen LogP contribution in [0.25, 0.3) is 0 Å². The third-order valence-electron chi connectivity index (χ3n) is 2.71. The van der Waals surface area contributed by atoms with Crippen molar-refractivity contribution in [1.29, 1.82) is 0 Å². The van der Waals surface area contributed by atoms with Gasteiger partial charge in [-0.05, 0) is 0 Å². The number of hydrogen-bond donors (Lipinski definition) is 0. The highest BCUT2D eigenvalue weighted by Crippen LogP contribution is 2.10. The quantitative estimate of drug-likeness (QED) is 0.352. The van der Waals surface area contributed by atoms with Crippen molar-refractivity contribution in [2.24, 2.45) is 0 Å². The zero-order valence-corrected chi connectivity index (χ0v) is 15.0. The van der Waals surface area contributed by atoms with Gasteiger partial charge in [0.15, 0.2) is 0 Å². The van der Waals surface area contributed by atoms with E-state index in [-0.39, 0.29) is 11.1 Å². The number of carbonyl (C=O) groups excluding carboxylic acids is 4. The summed E-state index contributed by atoms with van der Waals surface area (Å²) in [7, 11) is 4.43. The first kappa shape index (κ1) is 25.5. The predicted octanol–water partition coefficient (Wildman–Crippen LogP) is 1.23. The van der Waals surface area contributed by atoms with Gasteiger partial charge in [0.1, 0.15) is 0 Å². The molecule has 0 fully saturated rings. The molecule has 0 amide bonds. The first-order valence-electron chi connectivity index (χ1n) is 7.01. The molecule has 0 aliphatic rings. The molecule has 0 aliphatic heterocycles. The van der Waals surface area contributed by atoms with Crippen LogP contribution in [0.3, 0.4) is 0 Å². The molecule has 2 atom stereocenters. The fourth-order valence-corrected chi connectivity index (χ4v) is 1.31. The van der Waals surface area contributed by atoms with E-state index in [1.54, 1.807) is 0 Å². The maximum atomic E-state index is 12.8. The maximum Gasteiger partial charge on any atom is 0.340 e. The minimum atomic E-state index is -1.86. The second-order valence-corrected chi connectivity index (χ2v) is 4.58. The fourth-order valence-electron chi connectivity index (χ4n) is 1.31. The number of rotatable bonds is 8. The summed E-state index contributed by atoms with van der Waals surface area (Å²) in [6, 6.07) is 0. The molecular formula is C16H22F2O8. The van der Waals surface area contributed by atoms with Gasteiger partial charge in [-0.2, -0.15) is 0 Å². The summed E-state index contributed by atoms with van der Waals surface area (Å²) < 4.78 is 42.4. The summed E-state index contributed by atoms with van der Waals surface area (Å²) in [4.78, 5) is 42.6. The van der Waals surface area contributed by atoms with Crippen LogP contribution in [0.5, 0.6) is 0 Å². The Hall–Kier alpha value is -2.78. The van der Waals surface area contributed by atoms with E-state index < -0.39 is 49.1 Å². The molecule has 0 aromatic rings. The standard InChI is InChI=1S/2C8H11FO4/c2*1-5(7(10)12-2)4-6(9)8(11)13-3/h2*6H,1,4H2,2-3H3/t2*6-/m10/s1. The molecule has 0 saturated carbocycles. The molecule has 26 heavy (non-hydrogen) atoms. The van der Waals surface area contributed by atoms with E-state index >= 15 is 0 Å². The Morgan fingerprint density at radius 3 is 1.15 bits per heavy atom. The molecule has 0 heterocycles.